The van der Waals surface area contributed by atoms with Crippen molar-refractivity contribution in [3.05, 3.63) is 0 Å². The zero-order chi connectivity index (χ0) is 18.9. The highest BCUT2D eigenvalue weighted by atomic mass is 16.5. The third-order valence-corrected chi connectivity index (χ3v) is 9.11. The summed E-state index contributed by atoms with van der Waals surface area (Å²) in [6.45, 7) is 8.20. The summed E-state index contributed by atoms with van der Waals surface area (Å²) in [7, 11) is 0. The first kappa shape index (κ1) is 18.2. The Morgan fingerprint density at radius 3 is 2.46 bits per heavy atom. The number of esters is 1. The number of ether oxygens (including phenoxy) is 1. The molecule has 144 valence electrons. The number of rotatable bonds is 1. The molecule has 7 atom stereocenters. The molecule has 4 aliphatic rings. The lowest BCUT2D eigenvalue weighted by Crippen LogP contribution is -2.61. The van der Waals surface area contributed by atoms with Crippen LogP contribution >= 0.6 is 0 Å². The topological polar surface area (TPSA) is 60.4 Å². The first-order chi connectivity index (χ1) is 12.1. The van der Waals surface area contributed by atoms with Crippen LogP contribution in [0.4, 0.5) is 0 Å². The summed E-state index contributed by atoms with van der Waals surface area (Å²) in [5, 5.41) is 0. The van der Waals surface area contributed by atoms with Crippen molar-refractivity contribution < 1.29 is 19.1 Å². The fourth-order valence-electron chi connectivity index (χ4n) is 7.42. The monoisotopic (exact) mass is 360 g/mol. The molecule has 0 heterocycles. The Morgan fingerprint density at radius 1 is 1.04 bits per heavy atom. The maximum Gasteiger partial charge on any atom is 0.302 e. The van der Waals surface area contributed by atoms with Gasteiger partial charge in [-0.3, -0.25) is 14.4 Å². The van der Waals surface area contributed by atoms with Crippen molar-refractivity contribution >= 4 is 17.5 Å². The van der Waals surface area contributed by atoms with Gasteiger partial charge in [-0.15, -0.1) is 0 Å². The molecule has 4 nitrogen and oxygen atoms in total. The van der Waals surface area contributed by atoms with Crippen LogP contribution in [-0.4, -0.2) is 23.6 Å². The van der Waals surface area contributed by atoms with Crippen molar-refractivity contribution in [2.45, 2.75) is 85.2 Å². The van der Waals surface area contributed by atoms with Gasteiger partial charge in [0.1, 0.15) is 17.7 Å². The number of hydrogen-bond acceptors (Lipinski definition) is 4. The molecule has 0 aromatic heterocycles. The highest BCUT2D eigenvalue weighted by Gasteiger charge is 2.66. The van der Waals surface area contributed by atoms with Crippen LogP contribution in [0.5, 0.6) is 0 Å². The Labute approximate surface area is 156 Å². The minimum atomic E-state index is -0.268. The fourth-order valence-corrected chi connectivity index (χ4v) is 7.42. The van der Waals surface area contributed by atoms with Gasteiger partial charge in [-0.2, -0.15) is 0 Å². The van der Waals surface area contributed by atoms with E-state index in [1.807, 2.05) is 0 Å². The van der Waals surface area contributed by atoms with E-state index < -0.39 is 0 Å². The number of hydrogen-bond donors (Lipinski definition) is 0. The molecule has 4 saturated carbocycles. The molecule has 0 unspecified atom stereocenters. The predicted octanol–water partition coefficient (Wildman–Crippen LogP) is 4.10. The normalized spacial score (nSPS) is 50.6. The summed E-state index contributed by atoms with van der Waals surface area (Å²) in [5.41, 5.74) is -0.287. The number of ketones is 2. The Balaban J connectivity index is 1.66. The van der Waals surface area contributed by atoms with Crippen LogP contribution in [0.2, 0.25) is 0 Å². The van der Waals surface area contributed by atoms with E-state index in [0.717, 1.165) is 38.5 Å². The van der Waals surface area contributed by atoms with Gasteiger partial charge in [0.05, 0.1) is 0 Å². The number of Topliss-reactive ketones (excluding diaryl/α,β-unsaturated/α-hetero) is 2. The van der Waals surface area contributed by atoms with Crippen molar-refractivity contribution in [2.24, 2.45) is 34.0 Å². The Morgan fingerprint density at radius 2 is 1.77 bits per heavy atom. The van der Waals surface area contributed by atoms with Gasteiger partial charge < -0.3 is 4.74 Å². The maximum absolute atomic E-state index is 13.3. The zero-order valence-electron chi connectivity index (χ0n) is 16.6. The Hall–Kier alpha value is -1.19. The van der Waals surface area contributed by atoms with Crippen LogP contribution in [0.15, 0.2) is 0 Å². The fraction of sp³-hybridized carbons (Fsp3) is 0.864. The van der Waals surface area contributed by atoms with Crippen LogP contribution < -0.4 is 0 Å². The molecule has 4 rings (SSSR count). The summed E-state index contributed by atoms with van der Waals surface area (Å²) < 4.78 is 5.53. The Bertz CT molecular complexity index is 669. The number of carbonyl (C=O) groups is 3. The van der Waals surface area contributed by atoms with E-state index in [0.29, 0.717) is 30.3 Å². The second-order valence-corrected chi connectivity index (χ2v) is 10.3. The molecule has 0 radical (unpaired) electrons. The predicted molar refractivity (Wildman–Crippen MR) is 97.3 cm³/mol. The lowest BCUT2D eigenvalue weighted by Gasteiger charge is -2.63. The van der Waals surface area contributed by atoms with Crippen molar-refractivity contribution in [3.8, 4) is 0 Å². The first-order valence-electron chi connectivity index (χ1n) is 10.3. The highest BCUT2D eigenvalue weighted by Crippen LogP contribution is 2.68. The van der Waals surface area contributed by atoms with E-state index in [-0.39, 0.29) is 40.2 Å². The first-order valence-corrected chi connectivity index (χ1v) is 10.3. The lowest BCUT2D eigenvalue weighted by atomic mass is 9.40. The molecule has 0 amide bonds. The molecular formula is C22H32O4. The summed E-state index contributed by atoms with van der Waals surface area (Å²) in [4.78, 5) is 37.3. The van der Waals surface area contributed by atoms with E-state index in [1.165, 1.54) is 6.92 Å². The minimum absolute atomic E-state index is 0.0585. The van der Waals surface area contributed by atoms with Gasteiger partial charge in [0.25, 0.3) is 0 Å². The van der Waals surface area contributed by atoms with Crippen molar-refractivity contribution in [3.63, 3.8) is 0 Å². The molecule has 26 heavy (non-hydrogen) atoms. The zero-order valence-corrected chi connectivity index (χ0v) is 16.6. The lowest BCUT2D eigenvalue weighted by molar-refractivity contribution is -0.185. The van der Waals surface area contributed by atoms with E-state index in [4.69, 9.17) is 4.74 Å². The smallest absolute Gasteiger partial charge is 0.302 e. The molecule has 0 aromatic rings. The van der Waals surface area contributed by atoms with Crippen LogP contribution in [0, 0.1) is 34.0 Å². The Kier molecular flexibility index (Phi) is 3.95. The van der Waals surface area contributed by atoms with Crippen molar-refractivity contribution in [1.82, 2.24) is 0 Å². The van der Waals surface area contributed by atoms with Crippen LogP contribution in [0.3, 0.4) is 0 Å². The van der Waals surface area contributed by atoms with Gasteiger partial charge in [0.15, 0.2) is 0 Å². The number of fused-ring (bicyclic) bond motifs is 5. The third-order valence-electron chi connectivity index (χ3n) is 9.11. The third kappa shape index (κ3) is 2.29. The second kappa shape index (κ2) is 5.65. The summed E-state index contributed by atoms with van der Waals surface area (Å²) in [5.74, 6) is 1.20. The molecule has 0 bridgehead atoms. The van der Waals surface area contributed by atoms with E-state index >= 15 is 0 Å². The second-order valence-electron chi connectivity index (χ2n) is 10.3. The van der Waals surface area contributed by atoms with Gasteiger partial charge >= 0.3 is 5.97 Å². The average Bonchev–Trinajstić information content (AvgIpc) is 2.84. The van der Waals surface area contributed by atoms with Crippen molar-refractivity contribution in [1.29, 1.82) is 0 Å². The molecule has 4 fully saturated rings. The van der Waals surface area contributed by atoms with E-state index in [1.54, 1.807) is 0 Å². The minimum Gasteiger partial charge on any atom is -0.463 e. The van der Waals surface area contributed by atoms with Crippen LogP contribution in [0.1, 0.15) is 79.1 Å². The summed E-state index contributed by atoms with van der Waals surface area (Å²) >= 11 is 0. The molecule has 0 aliphatic heterocycles. The highest BCUT2D eigenvalue weighted by molar-refractivity contribution is 5.90. The largest absolute Gasteiger partial charge is 0.463 e. The van der Waals surface area contributed by atoms with Crippen LogP contribution in [-0.2, 0) is 19.1 Å². The van der Waals surface area contributed by atoms with Gasteiger partial charge in [-0.25, -0.2) is 0 Å². The van der Waals surface area contributed by atoms with E-state index in [2.05, 4.69) is 20.8 Å². The average molecular weight is 360 g/mol. The number of carbonyl (C=O) groups excluding carboxylic acids is 3. The van der Waals surface area contributed by atoms with Crippen molar-refractivity contribution in [2.75, 3.05) is 0 Å². The van der Waals surface area contributed by atoms with Crippen LogP contribution in [0.25, 0.3) is 0 Å². The molecule has 0 N–H and O–H groups in total. The molecular weight excluding hydrogens is 328 g/mol. The summed E-state index contributed by atoms with van der Waals surface area (Å²) in [6.07, 6.45) is 6.67. The SMILES string of the molecule is CC(=O)O[C@@H]1CC[C@]2(C)[C@@H]3CC[C@]4(C)C(=O)CC[C@H]4[C@@H]3C(=O)C[C@@]2(C)C1. The molecule has 4 aliphatic carbocycles. The van der Waals surface area contributed by atoms with E-state index in [9.17, 15) is 14.4 Å². The van der Waals surface area contributed by atoms with Gasteiger partial charge in [0.2, 0.25) is 0 Å². The maximum atomic E-state index is 13.3. The van der Waals surface area contributed by atoms with Gasteiger partial charge in [0, 0.05) is 31.1 Å². The van der Waals surface area contributed by atoms with Gasteiger partial charge in [-0.1, -0.05) is 20.8 Å². The molecule has 0 spiro atoms. The van der Waals surface area contributed by atoms with Gasteiger partial charge in [-0.05, 0) is 61.2 Å². The molecule has 4 heteroatoms. The molecule has 0 saturated heterocycles. The standard InChI is InChI=1S/C22H32O4/c1-13(23)26-14-7-10-22(4)16-8-9-21(3)15(5-6-18(21)25)19(16)17(24)12-20(22,2)11-14/h14-16,19H,5-12H2,1-4H3/t14-,15+,16-,19+,20-,21+,22-/m1/s1. The quantitative estimate of drug-likeness (QED) is 0.661. The molecule has 0 aromatic carbocycles. The summed E-state index contributed by atoms with van der Waals surface area (Å²) in [6, 6.07) is 0.